The summed E-state index contributed by atoms with van der Waals surface area (Å²) in [5.74, 6) is 0. The zero-order valence-electron chi connectivity index (χ0n) is 14.9. The molecule has 0 amide bonds. The van der Waals surface area contributed by atoms with E-state index in [4.69, 9.17) is 0 Å². The number of benzene rings is 1. The van der Waals surface area contributed by atoms with Crippen LogP contribution in [0.3, 0.4) is 0 Å². The smallest absolute Gasteiger partial charge is 0.254 e. The van der Waals surface area contributed by atoms with Gasteiger partial charge in [0.1, 0.15) is 5.01 Å². The van der Waals surface area contributed by atoms with E-state index in [1.54, 1.807) is 4.31 Å². The average molecular weight is 392 g/mol. The normalized spacial score (nSPS) is 23.2. The van der Waals surface area contributed by atoms with Gasteiger partial charge in [-0.2, -0.15) is 4.31 Å². The molecule has 2 fully saturated rings. The molecule has 0 saturated carbocycles. The molecule has 7 heteroatoms. The molecule has 1 atom stereocenters. The van der Waals surface area contributed by atoms with Gasteiger partial charge in [-0.25, -0.2) is 13.4 Å². The molecule has 0 spiro atoms. The van der Waals surface area contributed by atoms with Crippen molar-refractivity contribution in [2.75, 3.05) is 26.2 Å². The zero-order valence-corrected chi connectivity index (χ0v) is 16.5. The summed E-state index contributed by atoms with van der Waals surface area (Å²) in [6.07, 6.45) is 7.05. The van der Waals surface area contributed by atoms with E-state index in [0.29, 0.717) is 23.3 Å². The van der Waals surface area contributed by atoms with Crippen LogP contribution in [0.1, 0.15) is 32.1 Å². The maximum Gasteiger partial charge on any atom is 0.254 e. The van der Waals surface area contributed by atoms with Crippen molar-refractivity contribution < 1.29 is 8.42 Å². The van der Waals surface area contributed by atoms with Gasteiger partial charge in [0, 0.05) is 24.7 Å². The SMILES string of the molecule is O=S(=O)(c1cnc(-c2ccccc2)s1)N1CCCC(N2CCCC2)CC1. The number of nitrogens with zero attached hydrogens (tertiary/aromatic N) is 3. The van der Waals surface area contributed by atoms with Gasteiger partial charge in [0.2, 0.25) is 0 Å². The molecule has 0 N–H and O–H groups in total. The van der Waals surface area contributed by atoms with Crippen LogP contribution >= 0.6 is 11.3 Å². The first kappa shape index (κ1) is 18.1. The molecule has 26 heavy (non-hydrogen) atoms. The van der Waals surface area contributed by atoms with Gasteiger partial charge in [0.25, 0.3) is 10.0 Å². The van der Waals surface area contributed by atoms with Crippen molar-refractivity contribution in [3.63, 3.8) is 0 Å². The van der Waals surface area contributed by atoms with E-state index in [1.807, 2.05) is 30.3 Å². The third-order valence-corrected chi connectivity index (χ3v) is 8.79. The Hall–Kier alpha value is -1.28. The summed E-state index contributed by atoms with van der Waals surface area (Å²) in [6.45, 7) is 3.58. The van der Waals surface area contributed by atoms with Gasteiger partial charge in [-0.05, 0) is 45.2 Å². The number of likely N-dealkylation sites (tertiary alicyclic amines) is 1. The fraction of sp³-hybridized carbons (Fsp3) is 0.526. The molecule has 140 valence electrons. The van der Waals surface area contributed by atoms with E-state index >= 15 is 0 Å². The van der Waals surface area contributed by atoms with Crippen molar-refractivity contribution in [3.8, 4) is 10.6 Å². The molecule has 1 aromatic carbocycles. The van der Waals surface area contributed by atoms with Gasteiger partial charge in [0.15, 0.2) is 4.21 Å². The van der Waals surface area contributed by atoms with Crippen LogP contribution in [0.15, 0.2) is 40.7 Å². The minimum atomic E-state index is -3.45. The van der Waals surface area contributed by atoms with Crippen molar-refractivity contribution >= 4 is 21.4 Å². The summed E-state index contributed by atoms with van der Waals surface area (Å²) in [5.41, 5.74) is 0.962. The molecule has 2 aliphatic rings. The summed E-state index contributed by atoms with van der Waals surface area (Å²) in [7, 11) is -3.45. The standard InChI is InChI=1S/C19H25N3O2S2/c23-26(24,18-15-20-19(25-18)16-7-2-1-3-8-16)22-13-6-9-17(10-14-22)21-11-4-5-12-21/h1-3,7-8,15,17H,4-6,9-14H2. The van der Waals surface area contributed by atoms with Crippen LogP contribution in [0.4, 0.5) is 0 Å². The fourth-order valence-corrected chi connectivity index (χ4v) is 6.77. The molecule has 5 nitrogen and oxygen atoms in total. The highest BCUT2D eigenvalue weighted by Crippen LogP contribution is 2.31. The Kier molecular flexibility index (Phi) is 5.40. The first-order chi connectivity index (χ1) is 12.6. The highest BCUT2D eigenvalue weighted by molar-refractivity contribution is 7.91. The van der Waals surface area contributed by atoms with Gasteiger partial charge >= 0.3 is 0 Å². The molecular formula is C19H25N3O2S2. The Bertz CT molecular complexity index is 829. The van der Waals surface area contributed by atoms with Crippen LogP contribution in [-0.2, 0) is 10.0 Å². The molecule has 1 unspecified atom stereocenters. The number of aromatic nitrogens is 1. The second kappa shape index (κ2) is 7.76. The van der Waals surface area contributed by atoms with Crippen molar-refractivity contribution in [1.29, 1.82) is 0 Å². The summed E-state index contributed by atoms with van der Waals surface area (Å²) < 4.78 is 28.2. The number of hydrogen-bond acceptors (Lipinski definition) is 5. The fourth-order valence-electron chi connectivity index (χ4n) is 3.98. The van der Waals surface area contributed by atoms with Crippen molar-refractivity contribution in [1.82, 2.24) is 14.2 Å². The molecule has 1 aromatic heterocycles. The maximum absolute atomic E-state index is 13.1. The predicted octanol–water partition coefficient (Wildman–Crippen LogP) is 3.45. The zero-order chi connectivity index (χ0) is 18.0. The van der Waals surface area contributed by atoms with Crippen LogP contribution in [-0.4, -0.2) is 54.8 Å². The lowest BCUT2D eigenvalue weighted by atomic mass is 10.1. The largest absolute Gasteiger partial charge is 0.300 e. The van der Waals surface area contributed by atoms with E-state index in [9.17, 15) is 8.42 Å². The van der Waals surface area contributed by atoms with Gasteiger partial charge < -0.3 is 4.90 Å². The summed E-state index contributed by atoms with van der Waals surface area (Å²) >= 11 is 1.27. The lowest BCUT2D eigenvalue weighted by Crippen LogP contribution is -2.35. The van der Waals surface area contributed by atoms with E-state index in [0.717, 1.165) is 29.8 Å². The van der Waals surface area contributed by atoms with Crippen molar-refractivity contribution in [2.45, 2.75) is 42.4 Å². The molecule has 0 bridgehead atoms. The third kappa shape index (κ3) is 3.71. The molecule has 0 radical (unpaired) electrons. The highest BCUT2D eigenvalue weighted by atomic mass is 32.2. The Labute approximate surface area is 159 Å². The number of rotatable bonds is 4. The van der Waals surface area contributed by atoms with Gasteiger partial charge in [-0.3, -0.25) is 0 Å². The molecular weight excluding hydrogens is 366 g/mol. The van der Waals surface area contributed by atoms with Crippen molar-refractivity contribution in [2.24, 2.45) is 0 Å². The van der Waals surface area contributed by atoms with Gasteiger partial charge in [-0.15, -0.1) is 11.3 Å². The second-order valence-electron chi connectivity index (χ2n) is 7.08. The predicted molar refractivity (Wildman–Crippen MR) is 105 cm³/mol. The first-order valence-electron chi connectivity index (χ1n) is 9.40. The van der Waals surface area contributed by atoms with Gasteiger partial charge in [0.05, 0.1) is 6.20 Å². The minimum Gasteiger partial charge on any atom is -0.300 e. The van der Waals surface area contributed by atoms with Crippen LogP contribution in [0.5, 0.6) is 0 Å². The highest BCUT2D eigenvalue weighted by Gasteiger charge is 2.31. The topological polar surface area (TPSA) is 53.5 Å². The number of sulfonamides is 1. The summed E-state index contributed by atoms with van der Waals surface area (Å²) in [4.78, 5) is 6.91. The Balaban J connectivity index is 1.49. The Morgan fingerprint density at radius 1 is 0.962 bits per heavy atom. The Morgan fingerprint density at radius 3 is 2.50 bits per heavy atom. The molecule has 4 rings (SSSR count). The third-order valence-electron chi connectivity index (χ3n) is 5.41. The van der Waals surface area contributed by atoms with Crippen LogP contribution in [0.25, 0.3) is 10.6 Å². The van der Waals surface area contributed by atoms with Crippen LogP contribution in [0.2, 0.25) is 0 Å². The quantitative estimate of drug-likeness (QED) is 0.801. The lowest BCUT2D eigenvalue weighted by Gasteiger charge is -2.26. The number of thiazole rings is 1. The first-order valence-corrected chi connectivity index (χ1v) is 11.7. The van der Waals surface area contributed by atoms with Crippen molar-refractivity contribution in [3.05, 3.63) is 36.5 Å². The molecule has 2 aromatic rings. The summed E-state index contributed by atoms with van der Waals surface area (Å²) in [6, 6.07) is 10.3. The molecule has 2 aliphatic heterocycles. The van der Waals surface area contributed by atoms with E-state index in [1.165, 1.54) is 43.5 Å². The summed E-state index contributed by atoms with van der Waals surface area (Å²) in [5, 5.41) is 0.758. The Morgan fingerprint density at radius 2 is 1.73 bits per heavy atom. The molecule has 2 saturated heterocycles. The minimum absolute atomic E-state index is 0.357. The van der Waals surface area contributed by atoms with Crippen LogP contribution < -0.4 is 0 Å². The lowest BCUT2D eigenvalue weighted by molar-refractivity contribution is 0.223. The van der Waals surface area contributed by atoms with E-state index < -0.39 is 10.0 Å². The van der Waals surface area contributed by atoms with E-state index in [-0.39, 0.29) is 0 Å². The molecule has 3 heterocycles. The average Bonchev–Trinajstić information content (AvgIpc) is 3.31. The monoisotopic (exact) mass is 391 g/mol. The van der Waals surface area contributed by atoms with Gasteiger partial charge in [-0.1, -0.05) is 30.3 Å². The van der Waals surface area contributed by atoms with E-state index in [2.05, 4.69) is 9.88 Å². The molecule has 0 aliphatic carbocycles. The maximum atomic E-state index is 13.1. The number of hydrogen-bond donors (Lipinski definition) is 0. The second-order valence-corrected chi connectivity index (χ2v) is 10.3. The van der Waals surface area contributed by atoms with Crippen LogP contribution in [0, 0.1) is 0 Å².